The van der Waals surface area contributed by atoms with Crippen molar-refractivity contribution in [1.29, 1.82) is 0 Å². The summed E-state index contributed by atoms with van der Waals surface area (Å²) in [6.07, 6.45) is 0. The van der Waals surface area contributed by atoms with Crippen molar-refractivity contribution < 1.29 is 4.39 Å². The number of alkyl halides is 6. The van der Waals surface area contributed by atoms with E-state index in [-0.39, 0.29) is 0 Å². The van der Waals surface area contributed by atoms with Gasteiger partial charge in [-0.15, -0.1) is 0 Å². The van der Waals surface area contributed by atoms with Gasteiger partial charge in [0.2, 0.25) is 4.33 Å². The van der Waals surface area contributed by atoms with Crippen molar-refractivity contribution >= 4 is 81.2 Å². The van der Waals surface area contributed by atoms with Crippen LogP contribution in [0.3, 0.4) is 0 Å². The molecule has 0 aromatic heterocycles. The van der Waals surface area contributed by atoms with Gasteiger partial charge in [0.15, 0.2) is 4.33 Å². The Hall–Kier alpha value is 1.70. The number of hydrogen-bond donors (Lipinski definition) is 0. The van der Waals surface area contributed by atoms with Gasteiger partial charge in [-0.2, -0.15) is 0 Å². The monoisotopic (exact) mass is 324 g/mol. The Balaban J connectivity index is 3.39. The molecule has 1 atom stereocenters. The topological polar surface area (TPSA) is 0 Å². The van der Waals surface area contributed by atoms with Crippen LogP contribution in [0.15, 0.2) is 10.1 Å². The molecular formula is C5Cl7F. The Morgan fingerprint density at radius 3 is 1.31 bits per heavy atom. The smallest absolute Gasteiger partial charge is 0.216 e. The molecule has 0 amide bonds. The summed E-state index contributed by atoms with van der Waals surface area (Å²) < 4.78 is 9.19. The summed E-state index contributed by atoms with van der Waals surface area (Å²) in [6, 6.07) is 0. The molecule has 13 heavy (non-hydrogen) atoms. The van der Waals surface area contributed by atoms with Crippen LogP contribution in [0.25, 0.3) is 0 Å². The van der Waals surface area contributed by atoms with Gasteiger partial charge in [-0.3, -0.25) is 0 Å². The predicted molar refractivity (Wildman–Crippen MR) is 57.3 cm³/mol. The molecule has 0 bridgehead atoms. The molecular weight excluding hydrogens is 327 g/mol. The summed E-state index contributed by atoms with van der Waals surface area (Å²) in [6.45, 7) is 0. The highest BCUT2D eigenvalue weighted by atomic mass is 35.5. The molecule has 0 spiro atoms. The zero-order valence-electron chi connectivity index (χ0n) is 5.52. The average molecular weight is 327 g/mol. The Labute approximate surface area is 109 Å². The normalized spacial score (nSPS) is 36.9. The summed E-state index contributed by atoms with van der Waals surface area (Å²) in [5.74, 6) is 0. The highest BCUT2D eigenvalue weighted by molar-refractivity contribution is 6.71. The Morgan fingerprint density at radius 2 is 1.23 bits per heavy atom. The van der Waals surface area contributed by atoms with Gasteiger partial charge in [-0.25, -0.2) is 4.39 Å². The first-order chi connectivity index (χ1) is 5.57. The maximum absolute atomic E-state index is 13.6. The van der Waals surface area contributed by atoms with Crippen LogP contribution in [0.1, 0.15) is 0 Å². The van der Waals surface area contributed by atoms with Crippen molar-refractivity contribution in [2.75, 3.05) is 0 Å². The van der Waals surface area contributed by atoms with E-state index in [4.69, 9.17) is 81.2 Å². The molecule has 0 N–H and O–H groups in total. The zero-order chi connectivity index (χ0) is 10.7. The van der Waals surface area contributed by atoms with Crippen molar-refractivity contribution in [3.05, 3.63) is 10.1 Å². The fourth-order valence-electron chi connectivity index (χ4n) is 0.749. The van der Waals surface area contributed by atoms with Gasteiger partial charge in [-0.05, 0) is 0 Å². The highest BCUT2D eigenvalue weighted by Crippen LogP contribution is 2.66. The van der Waals surface area contributed by atoms with E-state index < -0.39 is 23.9 Å². The number of rotatable bonds is 0. The predicted octanol–water partition coefficient (Wildman–Crippen LogP) is 4.94. The minimum absolute atomic E-state index is 0.417. The van der Waals surface area contributed by atoms with E-state index in [2.05, 4.69) is 0 Å². The number of halogens is 8. The lowest BCUT2D eigenvalue weighted by Crippen LogP contribution is -2.44. The summed E-state index contributed by atoms with van der Waals surface area (Å²) in [5.41, 5.74) is 0. The van der Waals surface area contributed by atoms with E-state index in [1.54, 1.807) is 0 Å². The molecule has 0 saturated heterocycles. The minimum Gasteiger partial charge on any atom is -0.216 e. The molecule has 1 aliphatic rings. The van der Waals surface area contributed by atoms with Gasteiger partial charge in [0, 0.05) is 0 Å². The van der Waals surface area contributed by atoms with E-state index in [0.717, 1.165) is 0 Å². The van der Waals surface area contributed by atoms with E-state index >= 15 is 0 Å². The molecule has 76 valence electrons. The molecule has 1 rings (SSSR count). The molecule has 0 heterocycles. The second kappa shape index (κ2) is 3.35. The van der Waals surface area contributed by atoms with Crippen LogP contribution in [-0.4, -0.2) is 13.8 Å². The number of allylic oxidation sites excluding steroid dienone is 2. The third kappa shape index (κ3) is 1.47. The minimum atomic E-state index is -2.79. The van der Waals surface area contributed by atoms with Crippen LogP contribution in [0.4, 0.5) is 4.39 Å². The van der Waals surface area contributed by atoms with Crippen molar-refractivity contribution in [3.8, 4) is 0 Å². The highest BCUT2D eigenvalue weighted by Gasteiger charge is 2.71. The standard InChI is InChI=1S/C5Cl7F/c6-1-2(7)4(10,13)5(11,12)3(1,8)9. The lowest BCUT2D eigenvalue weighted by Gasteiger charge is -2.31. The second-order valence-corrected chi connectivity index (χ2v) is 6.28. The molecule has 0 saturated carbocycles. The van der Waals surface area contributed by atoms with E-state index in [1.165, 1.54) is 0 Å². The quantitative estimate of drug-likeness (QED) is 0.553. The van der Waals surface area contributed by atoms with Crippen LogP contribution in [0, 0.1) is 0 Å². The first-order valence-corrected chi connectivity index (χ1v) is 5.41. The molecule has 0 nitrogen and oxygen atoms in total. The molecule has 0 aromatic rings. The Kier molecular flexibility index (Phi) is 3.29. The molecule has 0 aliphatic heterocycles. The molecule has 1 unspecified atom stereocenters. The first-order valence-electron chi connectivity index (χ1n) is 2.76. The van der Waals surface area contributed by atoms with Gasteiger partial charge < -0.3 is 0 Å². The summed E-state index contributed by atoms with van der Waals surface area (Å²) in [4.78, 5) is 0. The molecule has 0 fully saturated rings. The van der Waals surface area contributed by atoms with Gasteiger partial charge in [0.1, 0.15) is 0 Å². The Bertz CT molecular complexity index is 253. The van der Waals surface area contributed by atoms with Gasteiger partial charge in [0.05, 0.1) is 10.1 Å². The largest absolute Gasteiger partial charge is 0.256 e. The lowest BCUT2D eigenvalue weighted by atomic mass is 10.3. The van der Waals surface area contributed by atoms with E-state index in [0.29, 0.717) is 0 Å². The molecule has 0 aromatic carbocycles. The van der Waals surface area contributed by atoms with Crippen molar-refractivity contribution in [2.45, 2.75) is 13.8 Å². The fourth-order valence-corrected chi connectivity index (χ4v) is 2.80. The SMILES string of the molecule is FC1(Cl)C(Cl)=C(Cl)C(Cl)(Cl)C1(Cl)Cl. The van der Waals surface area contributed by atoms with Gasteiger partial charge in [-0.1, -0.05) is 81.2 Å². The average Bonchev–Trinajstić information content (AvgIpc) is 2.05. The summed E-state index contributed by atoms with van der Waals surface area (Å²) in [7, 11) is 0. The third-order valence-electron chi connectivity index (χ3n) is 1.53. The maximum atomic E-state index is 13.6. The van der Waals surface area contributed by atoms with Crippen LogP contribution in [0.2, 0.25) is 0 Å². The van der Waals surface area contributed by atoms with Crippen LogP contribution < -0.4 is 0 Å². The molecule has 8 heteroatoms. The summed E-state index contributed by atoms with van der Waals surface area (Å²) >= 11 is 38.5. The summed E-state index contributed by atoms with van der Waals surface area (Å²) in [5, 5.41) is -3.82. The zero-order valence-corrected chi connectivity index (χ0v) is 10.8. The third-order valence-corrected chi connectivity index (χ3v) is 5.93. The van der Waals surface area contributed by atoms with Crippen molar-refractivity contribution in [1.82, 2.24) is 0 Å². The van der Waals surface area contributed by atoms with Crippen molar-refractivity contribution in [2.24, 2.45) is 0 Å². The van der Waals surface area contributed by atoms with Gasteiger partial charge >= 0.3 is 0 Å². The fraction of sp³-hybridized carbons (Fsp3) is 0.600. The van der Waals surface area contributed by atoms with Gasteiger partial charge in [0.25, 0.3) is 5.13 Å². The van der Waals surface area contributed by atoms with Crippen LogP contribution in [-0.2, 0) is 0 Å². The lowest BCUT2D eigenvalue weighted by molar-refractivity contribution is 0.317. The van der Waals surface area contributed by atoms with Crippen LogP contribution in [0.5, 0.6) is 0 Å². The second-order valence-electron chi connectivity index (χ2n) is 2.35. The molecule has 1 aliphatic carbocycles. The number of hydrogen-bond acceptors (Lipinski definition) is 0. The van der Waals surface area contributed by atoms with Crippen LogP contribution >= 0.6 is 81.2 Å². The molecule has 0 radical (unpaired) electrons. The van der Waals surface area contributed by atoms with Crippen molar-refractivity contribution in [3.63, 3.8) is 0 Å². The van der Waals surface area contributed by atoms with E-state index in [9.17, 15) is 4.39 Å². The maximum Gasteiger partial charge on any atom is 0.256 e. The Morgan fingerprint density at radius 1 is 0.846 bits per heavy atom. The first kappa shape index (κ1) is 12.8. The van der Waals surface area contributed by atoms with E-state index in [1.807, 2.05) is 0 Å².